The van der Waals surface area contributed by atoms with Gasteiger partial charge in [0.2, 0.25) is 5.71 Å². The van der Waals surface area contributed by atoms with Gasteiger partial charge in [0, 0.05) is 36.7 Å². The molecule has 2 aromatic heterocycles. The largest absolute Gasteiger partial charge is 0.446 e. The van der Waals surface area contributed by atoms with Gasteiger partial charge in [-0.15, -0.1) is 0 Å². The molecule has 9 nitrogen and oxygen atoms in total. The lowest BCUT2D eigenvalue weighted by atomic mass is 10.0. The first-order valence-corrected chi connectivity index (χ1v) is 10.4. The number of aromatic nitrogens is 3. The van der Waals surface area contributed by atoms with Gasteiger partial charge in [0.25, 0.3) is 0 Å². The van der Waals surface area contributed by atoms with Gasteiger partial charge in [-0.3, -0.25) is 5.10 Å². The molecule has 12 heteroatoms. The lowest BCUT2D eigenvalue weighted by molar-refractivity contribution is -0.0632. The summed E-state index contributed by atoms with van der Waals surface area (Å²) in [6.07, 6.45) is -3.05. The van der Waals surface area contributed by atoms with E-state index in [-0.39, 0.29) is 36.1 Å². The van der Waals surface area contributed by atoms with Crippen LogP contribution in [0.2, 0.25) is 0 Å². The molecule has 2 aromatic rings. The second-order valence-corrected chi connectivity index (χ2v) is 8.26. The summed E-state index contributed by atoms with van der Waals surface area (Å²) in [4.78, 5) is 22.9. The van der Waals surface area contributed by atoms with Crippen molar-refractivity contribution in [2.45, 2.75) is 37.5 Å². The van der Waals surface area contributed by atoms with Crippen LogP contribution in [0.3, 0.4) is 0 Å². The van der Waals surface area contributed by atoms with Crippen LogP contribution < -0.4 is 5.32 Å². The van der Waals surface area contributed by atoms with Crippen LogP contribution in [0.4, 0.5) is 29.6 Å². The number of amides is 1. The monoisotopic (exact) mass is 450 g/mol. The second-order valence-electron chi connectivity index (χ2n) is 8.26. The van der Waals surface area contributed by atoms with Crippen LogP contribution in [0.25, 0.3) is 0 Å². The first kappa shape index (κ1) is 20.6. The smallest absolute Gasteiger partial charge is 0.438 e. The minimum Gasteiger partial charge on any atom is -0.446 e. The summed E-state index contributed by atoms with van der Waals surface area (Å²) in [6.45, 7) is 0.670. The van der Waals surface area contributed by atoms with E-state index in [4.69, 9.17) is 9.57 Å². The third-order valence-electron chi connectivity index (χ3n) is 5.89. The summed E-state index contributed by atoms with van der Waals surface area (Å²) in [5.74, 6) is 0.668. The zero-order chi connectivity index (χ0) is 22.3. The topological polar surface area (TPSA) is 105 Å². The third-order valence-corrected chi connectivity index (χ3v) is 5.89. The highest BCUT2D eigenvalue weighted by Gasteiger charge is 2.40. The molecule has 1 saturated carbocycles. The number of halogens is 3. The first-order chi connectivity index (χ1) is 15.3. The van der Waals surface area contributed by atoms with Gasteiger partial charge in [0.05, 0.1) is 5.69 Å². The SMILES string of the molecule is O=C1O[C@@H]2CC[C@@H](C2)c2cc(n[nH]2)Nc2cccc(n2)/C(C(F)(F)F)=N/OCC2CN1C2. The van der Waals surface area contributed by atoms with E-state index in [0.717, 1.165) is 18.5 Å². The fourth-order valence-electron chi connectivity index (χ4n) is 4.20. The normalized spacial score (nSPS) is 27.5. The Bertz CT molecular complexity index is 1030. The summed E-state index contributed by atoms with van der Waals surface area (Å²) >= 11 is 0. The van der Waals surface area contributed by atoms with Crippen molar-refractivity contribution in [3.8, 4) is 0 Å². The number of rotatable bonds is 0. The Morgan fingerprint density at radius 2 is 2.00 bits per heavy atom. The molecule has 1 amide bonds. The number of aromatic amines is 1. The number of oxime groups is 1. The Balaban J connectivity index is 1.44. The van der Waals surface area contributed by atoms with Crippen LogP contribution in [0.1, 0.15) is 36.6 Å². The molecule has 3 aliphatic heterocycles. The van der Waals surface area contributed by atoms with Crippen molar-refractivity contribution < 1.29 is 27.5 Å². The molecular weight excluding hydrogens is 429 g/mol. The highest BCUT2D eigenvalue weighted by atomic mass is 19.4. The van der Waals surface area contributed by atoms with E-state index >= 15 is 0 Å². The minimum absolute atomic E-state index is 0.0391. The highest BCUT2D eigenvalue weighted by molar-refractivity contribution is 6.03. The fourth-order valence-corrected chi connectivity index (χ4v) is 4.20. The highest BCUT2D eigenvalue weighted by Crippen LogP contribution is 2.36. The first-order valence-electron chi connectivity index (χ1n) is 10.4. The number of H-pyrrole nitrogens is 1. The maximum atomic E-state index is 13.6. The van der Waals surface area contributed by atoms with E-state index in [1.165, 1.54) is 17.0 Å². The molecular formula is C20H21F3N6O3. The Hall–Kier alpha value is -3.31. The molecule has 2 N–H and O–H groups in total. The molecule has 0 radical (unpaired) electrons. The Kier molecular flexibility index (Phi) is 5.14. The number of pyridine rings is 1. The summed E-state index contributed by atoms with van der Waals surface area (Å²) in [5, 5.41) is 13.4. The number of nitrogens with zero attached hydrogens (tertiary/aromatic N) is 4. The standard InChI is InChI=1S/C20H21F3N6O3/c21-20(22,23)18-14-2-1-3-16(24-14)25-17-7-15(26-27-17)12-4-5-13(6-12)32-19(30)29-8-11(9-29)10-31-28-18/h1-3,7,11-13H,4-6,8-10H2,(H2,24,25,26,27)/b28-18-/t12-,13+/m0/s1. The predicted octanol–water partition coefficient (Wildman–Crippen LogP) is 3.55. The average molecular weight is 450 g/mol. The van der Waals surface area contributed by atoms with E-state index in [9.17, 15) is 18.0 Å². The van der Waals surface area contributed by atoms with E-state index in [2.05, 4.69) is 25.7 Å². The molecule has 170 valence electrons. The van der Waals surface area contributed by atoms with Crippen molar-refractivity contribution in [1.29, 1.82) is 0 Å². The quantitative estimate of drug-likeness (QED) is 0.636. The van der Waals surface area contributed by atoms with Crippen molar-refractivity contribution in [3.05, 3.63) is 35.7 Å². The molecule has 32 heavy (non-hydrogen) atoms. The molecule has 2 fully saturated rings. The maximum absolute atomic E-state index is 13.6. The second kappa shape index (κ2) is 7.99. The third kappa shape index (κ3) is 4.21. The van der Waals surface area contributed by atoms with Crippen LogP contribution in [0.15, 0.2) is 29.4 Å². The van der Waals surface area contributed by atoms with Crippen molar-refractivity contribution in [2.24, 2.45) is 11.1 Å². The van der Waals surface area contributed by atoms with Gasteiger partial charge >= 0.3 is 12.3 Å². The van der Waals surface area contributed by atoms with Gasteiger partial charge < -0.3 is 19.8 Å². The average Bonchev–Trinajstić information content (AvgIpc) is 3.34. The van der Waals surface area contributed by atoms with Crippen LogP contribution in [0, 0.1) is 5.92 Å². The van der Waals surface area contributed by atoms with Gasteiger partial charge in [-0.25, -0.2) is 9.78 Å². The summed E-state index contributed by atoms with van der Waals surface area (Å²) < 4.78 is 46.4. The molecule has 0 unspecified atom stereocenters. The molecule has 4 aliphatic rings. The Morgan fingerprint density at radius 1 is 1.16 bits per heavy atom. The number of ether oxygens (including phenoxy) is 1. The van der Waals surface area contributed by atoms with Gasteiger partial charge in [0.15, 0.2) is 5.82 Å². The molecule has 2 atom stereocenters. The number of anilines is 2. The molecule has 0 spiro atoms. The van der Waals surface area contributed by atoms with Crippen LogP contribution in [-0.4, -0.2) is 63.9 Å². The molecule has 1 aliphatic carbocycles. The predicted molar refractivity (Wildman–Crippen MR) is 107 cm³/mol. The van der Waals surface area contributed by atoms with Gasteiger partial charge in [-0.05, 0) is 31.4 Å². The zero-order valence-corrected chi connectivity index (χ0v) is 16.9. The van der Waals surface area contributed by atoms with Gasteiger partial charge in [-0.1, -0.05) is 11.2 Å². The molecule has 8 bridgehead atoms. The Morgan fingerprint density at radius 3 is 2.81 bits per heavy atom. The molecule has 1 saturated heterocycles. The van der Waals surface area contributed by atoms with E-state index < -0.39 is 18.0 Å². The van der Waals surface area contributed by atoms with Crippen molar-refractivity contribution in [1.82, 2.24) is 20.1 Å². The van der Waals surface area contributed by atoms with Gasteiger partial charge in [-0.2, -0.15) is 18.3 Å². The number of alkyl halides is 3. The van der Waals surface area contributed by atoms with Crippen molar-refractivity contribution in [3.63, 3.8) is 0 Å². The van der Waals surface area contributed by atoms with Crippen LogP contribution >= 0.6 is 0 Å². The number of fused-ring (bicyclic) bond motifs is 3. The fraction of sp³-hybridized carbons (Fsp3) is 0.500. The van der Waals surface area contributed by atoms with Crippen molar-refractivity contribution in [2.75, 3.05) is 25.0 Å². The minimum atomic E-state index is -4.75. The van der Waals surface area contributed by atoms with E-state index in [1.54, 1.807) is 12.1 Å². The zero-order valence-electron chi connectivity index (χ0n) is 16.9. The van der Waals surface area contributed by atoms with Crippen LogP contribution in [0.5, 0.6) is 0 Å². The molecule has 0 aromatic carbocycles. The molecule has 6 rings (SSSR count). The molecule has 5 heterocycles. The number of carbonyl (C=O) groups excluding carboxylic acids is 1. The van der Waals surface area contributed by atoms with E-state index in [0.29, 0.717) is 25.3 Å². The summed E-state index contributed by atoms with van der Waals surface area (Å²) in [6, 6.07) is 6.01. The lowest BCUT2D eigenvalue weighted by Gasteiger charge is -2.38. The lowest BCUT2D eigenvalue weighted by Crippen LogP contribution is -2.52. The van der Waals surface area contributed by atoms with E-state index in [1.807, 2.05) is 0 Å². The summed E-state index contributed by atoms with van der Waals surface area (Å²) in [7, 11) is 0. The van der Waals surface area contributed by atoms with Gasteiger partial charge in [0.1, 0.15) is 18.5 Å². The summed E-state index contributed by atoms with van der Waals surface area (Å²) in [5.41, 5.74) is -0.724. The number of nitrogens with one attached hydrogen (secondary N) is 2. The number of hydrogen-bond acceptors (Lipinski definition) is 7. The van der Waals surface area contributed by atoms with Crippen LogP contribution in [-0.2, 0) is 9.57 Å². The number of hydrogen-bond donors (Lipinski definition) is 2. The maximum Gasteiger partial charge on any atom is 0.438 e. The number of carbonyl (C=O) groups is 1. The van der Waals surface area contributed by atoms with Crippen molar-refractivity contribution >= 4 is 23.4 Å². The Labute approximate surface area is 181 Å².